The molecule has 22 heavy (non-hydrogen) atoms. The van der Waals surface area contributed by atoms with Crippen LogP contribution in [0.15, 0.2) is 4.99 Å². The van der Waals surface area contributed by atoms with Crippen molar-refractivity contribution in [2.45, 2.75) is 38.7 Å². The second-order valence-corrected chi connectivity index (χ2v) is 5.92. The van der Waals surface area contributed by atoms with Crippen LogP contribution in [-0.2, 0) is 9.47 Å². The molecule has 0 spiro atoms. The summed E-state index contributed by atoms with van der Waals surface area (Å²) in [5.74, 6) is 0.933. The number of ether oxygens (including phenoxy) is 2. The van der Waals surface area contributed by atoms with Gasteiger partial charge in [-0.15, -0.1) is 0 Å². The van der Waals surface area contributed by atoms with E-state index in [1.807, 2.05) is 0 Å². The molecule has 2 aliphatic heterocycles. The highest BCUT2D eigenvalue weighted by molar-refractivity contribution is 5.79. The smallest absolute Gasteiger partial charge is 0.191 e. The molecule has 6 nitrogen and oxygen atoms in total. The molecule has 2 heterocycles. The van der Waals surface area contributed by atoms with Crippen molar-refractivity contribution >= 4 is 5.96 Å². The first-order valence-electron chi connectivity index (χ1n) is 8.82. The van der Waals surface area contributed by atoms with Crippen LogP contribution in [0.2, 0.25) is 0 Å². The van der Waals surface area contributed by atoms with E-state index >= 15 is 0 Å². The van der Waals surface area contributed by atoms with Crippen LogP contribution in [0.25, 0.3) is 0 Å². The van der Waals surface area contributed by atoms with Gasteiger partial charge in [-0.3, -0.25) is 9.89 Å². The highest BCUT2D eigenvalue weighted by atomic mass is 16.5. The quantitative estimate of drug-likeness (QED) is 0.395. The normalized spacial score (nSPS) is 23.7. The first kappa shape index (κ1) is 17.5. The fourth-order valence-electron chi connectivity index (χ4n) is 2.88. The SMILES string of the molecule is CCNC(=NCCCN1CCOCC1)NCCC1CCCO1. The van der Waals surface area contributed by atoms with E-state index in [1.165, 1.54) is 12.8 Å². The van der Waals surface area contributed by atoms with Gasteiger partial charge in [-0.1, -0.05) is 0 Å². The zero-order valence-corrected chi connectivity index (χ0v) is 14.0. The molecule has 0 bridgehead atoms. The molecule has 2 N–H and O–H groups in total. The Morgan fingerprint density at radius 2 is 2.09 bits per heavy atom. The molecule has 2 fully saturated rings. The predicted molar refractivity (Wildman–Crippen MR) is 89.4 cm³/mol. The average Bonchev–Trinajstić information content (AvgIpc) is 3.06. The number of nitrogens with one attached hydrogen (secondary N) is 2. The lowest BCUT2D eigenvalue weighted by atomic mass is 10.2. The van der Waals surface area contributed by atoms with E-state index in [-0.39, 0.29) is 0 Å². The molecule has 0 aromatic rings. The molecule has 128 valence electrons. The molecule has 0 amide bonds. The second kappa shape index (κ2) is 10.8. The lowest BCUT2D eigenvalue weighted by molar-refractivity contribution is 0.0377. The molecule has 2 aliphatic rings. The predicted octanol–water partition coefficient (Wildman–Crippen LogP) is 0.833. The van der Waals surface area contributed by atoms with Crippen LogP contribution in [0.1, 0.15) is 32.6 Å². The minimum absolute atomic E-state index is 0.441. The van der Waals surface area contributed by atoms with Crippen LogP contribution in [0.3, 0.4) is 0 Å². The van der Waals surface area contributed by atoms with Crippen LogP contribution < -0.4 is 10.6 Å². The fraction of sp³-hybridized carbons (Fsp3) is 0.938. The maximum atomic E-state index is 5.64. The number of aliphatic imine (C=N–C) groups is 1. The zero-order valence-electron chi connectivity index (χ0n) is 14.0. The van der Waals surface area contributed by atoms with Crippen molar-refractivity contribution in [2.24, 2.45) is 4.99 Å². The number of morpholine rings is 1. The number of nitrogens with zero attached hydrogens (tertiary/aromatic N) is 2. The highest BCUT2D eigenvalue weighted by Crippen LogP contribution is 2.14. The van der Waals surface area contributed by atoms with E-state index in [4.69, 9.17) is 9.47 Å². The number of guanidine groups is 1. The van der Waals surface area contributed by atoms with E-state index < -0.39 is 0 Å². The van der Waals surface area contributed by atoms with Crippen LogP contribution in [0.5, 0.6) is 0 Å². The third-order valence-electron chi connectivity index (χ3n) is 4.13. The summed E-state index contributed by atoms with van der Waals surface area (Å²) < 4.78 is 11.0. The van der Waals surface area contributed by atoms with Crippen molar-refractivity contribution in [1.82, 2.24) is 15.5 Å². The van der Waals surface area contributed by atoms with Crippen molar-refractivity contribution < 1.29 is 9.47 Å². The molecule has 0 aromatic carbocycles. The largest absolute Gasteiger partial charge is 0.379 e. The molecule has 1 unspecified atom stereocenters. The minimum Gasteiger partial charge on any atom is -0.379 e. The highest BCUT2D eigenvalue weighted by Gasteiger charge is 2.14. The molecule has 2 rings (SSSR count). The first-order valence-corrected chi connectivity index (χ1v) is 8.82. The summed E-state index contributed by atoms with van der Waals surface area (Å²) in [5.41, 5.74) is 0. The van der Waals surface area contributed by atoms with Crippen LogP contribution in [-0.4, -0.2) is 76.1 Å². The fourth-order valence-corrected chi connectivity index (χ4v) is 2.88. The average molecular weight is 312 g/mol. The maximum Gasteiger partial charge on any atom is 0.191 e. The van der Waals surface area contributed by atoms with E-state index in [1.54, 1.807) is 0 Å². The van der Waals surface area contributed by atoms with Crippen molar-refractivity contribution in [3.63, 3.8) is 0 Å². The van der Waals surface area contributed by atoms with E-state index in [0.29, 0.717) is 6.10 Å². The topological polar surface area (TPSA) is 58.1 Å². The monoisotopic (exact) mass is 312 g/mol. The Balaban J connectivity index is 1.58. The molecular formula is C16H32N4O2. The lowest BCUT2D eigenvalue weighted by Gasteiger charge is -2.26. The first-order chi connectivity index (χ1) is 10.9. The Hall–Kier alpha value is -0.850. The summed E-state index contributed by atoms with van der Waals surface area (Å²) in [5, 5.41) is 6.72. The summed E-state index contributed by atoms with van der Waals surface area (Å²) in [6.45, 7) is 10.7. The summed E-state index contributed by atoms with van der Waals surface area (Å²) in [7, 11) is 0. The molecule has 2 saturated heterocycles. The van der Waals surface area contributed by atoms with E-state index in [2.05, 4.69) is 27.4 Å². The summed E-state index contributed by atoms with van der Waals surface area (Å²) in [6.07, 6.45) is 5.02. The standard InChI is InChI=1S/C16H32N4O2/c1-2-17-16(19-8-6-15-5-3-12-22-15)18-7-4-9-20-10-13-21-14-11-20/h15H,2-14H2,1H3,(H2,17,18,19). The van der Waals surface area contributed by atoms with Gasteiger partial charge in [0.05, 0.1) is 19.3 Å². The van der Waals surface area contributed by atoms with Gasteiger partial charge in [-0.2, -0.15) is 0 Å². The van der Waals surface area contributed by atoms with Crippen LogP contribution >= 0.6 is 0 Å². The zero-order chi connectivity index (χ0) is 15.5. The van der Waals surface area contributed by atoms with Gasteiger partial charge in [-0.05, 0) is 32.6 Å². The van der Waals surface area contributed by atoms with Gasteiger partial charge in [0.15, 0.2) is 5.96 Å². The number of hydrogen-bond donors (Lipinski definition) is 2. The third kappa shape index (κ3) is 6.94. The minimum atomic E-state index is 0.441. The number of rotatable bonds is 8. The summed E-state index contributed by atoms with van der Waals surface area (Å²) >= 11 is 0. The Morgan fingerprint density at radius 3 is 2.82 bits per heavy atom. The van der Waals surface area contributed by atoms with E-state index in [0.717, 1.165) is 77.9 Å². The molecule has 0 aromatic heterocycles. The van der Waals surface area contributed by atoms with Gasteiger partial charge in [0, 0.05) is 45.9 Å². The van der Waals surface area contributed by atoms with E-state index in [9.17, 15) is 0 Å². The Kier molecular flexibility index (Phi) is 8.60. The van der Waals surface area contributed by atoms with Crippen LogP contribution in [0, 0.1) is 0 Å². The third-order valence-corrected chi connectivity index (χ3v) is 4.13. The molecule has 0 radical (unpaired) electrons. The van der Waals surface area contributed by atoms with Crippen molar-refractivity contribution in [3.05, 3.63) is 0 Å². The van der Waals surface area contributed by atoms with Gasteiger partial charge in [0.1, 0.15) is 0 Å². The van der Waals surface area contributed by atoms with Crippen LogP contribution in [0.4, 0.5) is 0 Å². The Bertz CT molecular complexity index is 313. The maximum absolute atomic E-state index is 5.64. The molecule has 0 aliphatic carbocycles. The van der Waals surface area contributed by atoms with Crippen molar-refractivity contribution in [1.29, 1.82) is 0 Å². The van der Waals surface area contributed by atoms with Crippen molar-refractivity contribution in [3.8, 4) is 0 Å². The van der Waals surface area contributed by atoms with Gasteiger partial charge >= 0.3 is 0 Å². The van der Waals surface area contributed by atoms with Gasteiger partial charge in [0.2, 0.25) is 0 Å². The summed E-state index contributed by atoms with van der Waals surface area (Å²) in [6, 6.07) is 0. The van der Waals surface area contributed by atoms with Crippen molar-refractivity contribution in [2.75, 3.05) is 59.1 Å². The molecule has 0 saturated carbocycles. The second-order valence-electron chi connectivity index (χ2n) is 5.92. The lowest BCUT2D eigenvalue weighted by Crippen LogP contribution is -2.39. The number of hydrogen-bond acceptors (Lipinski definition) is 4. The van der Waals surface area contributed by atoms with Gasteiger partial charge in [0.25, 0.3) is 0 Å². The molecule has 1 atom stereocenters. The molecular weight excluding hydrogens is 280 g/mol. The Morgan fingerprint density at radius 1 is 1.23 bits per heavy atom. The van der Waals surface area contributed by atoms with Gasteiger partial charge in [-0.25, -0.2) is 0 Å². The summed E-state index contributed by atoms with van der Waals surface area (Å²) in [4.78, 5) is 7.11. The molecule has 6 heteroatoms. The Labute approximate surface area is 134 Å². The van der Waals surface area contributed by atoms with Gasteiger partial charge < -0.3 is 20.1 Å².